The number of carbonyl (C=O) groups excluding carboxylic acids is 1. The van der Waals surface area contributed by atoms with Crippen LogP contribution in [0.4, 0.5) is 0 Å². The average Bonchev–Trinajstić information content (AvgIpc) is 3.03. The van der Waals surface area contributed by atoms with Gasteiger partial charge in [-0.25, -0.2) is 8.42 Å². The Kier molecular flexibility index (Phi) is 6.51. The molecule has 2 aromatic rings. The van der Waals surface area contributed by atoms with Gasteiger partial charge in [0.15, 0.2) is 0 Å². The Bertz CT molecular complexity index is 931. The first-order valence-corrected chi connectivity index (χ1v) is 11.2. The van der Waals surface area contributed by atoms with Gasteiger partial charge in [0.2, 0.25) is 10.0 Å². The fourth-order valence-electron chi connectivity index (χ4n) is 3.49. The maximum atomic E-state index is 12.8. The van der Waals surface area contributed by atoms with E-state index in [4.69, 9.17) is 0 Å². The van der Waals surface area contributed by atoms with E-state index in [9.17, 15) is 13.2 Å². The van der Waals surface area contributed by atoms with Crippen LogP contribution >= 0.6 is 0 Å². The minimum atomic E-state index is -3.54. The van der Waals surface area contributed by atoms with Crippen LogP contribution in [0, 0.1) is 13.8 Å². The number of carbonyl (C=O) groups is 1. The van der Waals surface area contributed by atoms with Crippen LogP contribution in [0.15, 0.2) is 35.2 Å². The number of piperidine rings is 1. The molecule has 1 aromatic heterocycles. The first-order chi connectivity index (χ1) is 13.4. The van der Waals surface area contributed by atoms with Crippen LogP contribution in [0.2, 0.25) is 0 Å². The first kappa shape index (κ1) is 20.5. The molecular formula is C20H28N4O3S. The molecule has 1 aliphatic rings. The van der Waals surface area contributed by atoms with Crippen molar-refractivity contribution in [2.45, 2.75) is 51.0 Å². The minimum Gasteiger partial charge on any atom is -0.352 e. The van der Waals surface area contributed by atoms with Gasteiger partial charge in [0.1, 0.15) is 0 Å². The Balaban J connectivity index is 1.58. The van der Waals surface area contributed by atoms with Crippen LogP contribution in [-0.4, -0.2) is 48.0 Å². The summed E-state index contributed by atoms with van der Waals surface area (Å²) in [6, 6.07) is 8.32. The van der Waals surface area contributed by atoms with Crippen molar-refractivity contribution in [2.75, 3.05) is 19.6 Å². The molecule has 1 fully saturated rings. The van der Waals surface area contributed by atoms with Gasteiger partial charge in [-0.15, -0.1) is 0 Å². The molecule has 28 heavy (non-hydrogen) atoms. The zero-order valence-corrected chi connectivity index (χ0v) is 17.3. The van der Waals surface area contributed by atoms with Crippen LogP contribution < -0.4 is 5.32 Å². The molecule has 1 aromatic carbocycles. The lowest BCUT2D eigenvalue weighted by molar-refractivity contribution is 0.0952. The van der Waals surface area contributed by atoms with Gasteiger partial charge in [-0.3, -0.25) is 9.48 Å². The van der Waals surface area contributed by atoms with Crippen LogP contribution in [0.3, 0.4) is 0 Å². The lowest BCUT2D eigenvalue weighted by atomic mass is 10.2. The van der Waals surface area contributed by atoms with Gasteiger partial charge in [-0.05, 0) is 57.4 Å². The highest BCUT2D eigenvalue weighted by Crippen LogP contribution is 2.21. The smallest absolute Gasteiger partial charge is 0.251 e. The maximum absolute atomic E-state index is 12.8. The number of aromatic nitrogens is 2. The lowest BCUT2D eigenvalue weighted by Crippen LogP contribution is -2.35. The first-order valence-electron chi connectivity index (χ1n) is 9.77. The molecule has 0 radical (unpaired) electrons. The van der Waals surface area contributed by atoms with Crippen molar-refractivity contribution < 1.29 is 13.2 Å². The number of nitrogens with one attached hydrogen (secondary N) is 1. The summed E-state index contributed by atoms with van der Waals surface area (Å²) in [4.78, 5) is 12.6. The third kappa shape index (κ3) is 4.80. The molecule has 152 valence electrons. The Morgan fingerprint density at radius 1 is 1.14 bits per heavy atom. The van der Waals surface area contributed by atoms with Crippen LogP contribution in [0.5, 0.6) is 0 Å². The van der Waals surface area contributed by atoms with Crippen molar-refractivity contribution in [3.05, 3.63) is 47.3 Å². The zero-order valence-electron chi connectivity index (χ0n) is 16.5. The van der Waals surface area contributed by atoms with Crippen molar-refractivity contribution in [3.8, 4) is 0 Å². The Labute approximate surface area is 166 Å². The van der Waals surface area contributed by atoms with Crippen LogP contribution in [-0.2, 0) is 16.6 Å². The molecule has 0 atom stereocenters. The highest BCUT2D eigenvalue weighted by atomic mass is 32.2. The molecule has 7 nitrogen and oxygen atoms in total. The van der Waals surface area contributed by atoms with Crippen molar-refractivity contribution >= 4 is 15.9 Å². The highest BCUT2D eigenvalue weighted by Gasteiger charge is 2.26. The topological polar surface area (TPSA) is 84.3 Å². The maximum Gasteiger partial charge on any atom is 0.251 e. The van der Waals surface area contributed by atoms with E-state index in [1.54, 1.807) is 18.2 Å². The fraction of sp³-hybridized carbons (Fsp3) is 0.500. The molecule has 0 aliphatic carbocycles. The average molecular weight is 405 g/mol. The zero-order chi connectivity index (χ0) is 20.1. The van der Waals surface area contributed by atoms with Gasteiger partial charge in [0, 0.05) is 37.4 Å². The van der Waals surface area contributed by atoms with E-state index in [0.717, 1.165) is 43.6 Å². The molecule has 2 heterocycles. The third-order valence-corrected chi connectivity index (χ3v) is 6.88. The molecule has 0 saturated carbocycles. The molecule has 1 N–H and O–H groups in total. The lowest BCUT2D eigenvalue weighted by Gasteiger charge is -2.26. The summed E-state index contributed by atoms with van der Waals surface area (Å²) in [5.74, 6) is -0.260. The van der Waals surface area contributed by atoms with Crippen LogP contribution in [0.25, 0.3) is 0 Å². The summed E-state index contributed by atoms with van der Waals surface area (Å²) in [5.41, 5.74) is 2.44. The predicted octanol–water partition coefficient (Wildman–Crippen LogP) is 2.49. The fourth-order valence-corrected chi connectivity index (χ4v) is 5.05. The van der Waals surface area contributed by atoms with E-state index in [1.807, 2.05) is 24.6 Å². The summed E-state index contributed by atoms with van der Waals surface area (Å²) in [5, 5.41) is 7.27. The molecule has 1 amide bonds. The number of hydrogen-bond donors (Lipinski definition) is 1. The Hall–Kier alpha value is -2.19. The van der Waals surface area contributed by atoms with Crippen molar-refractivity contribution in [2.24, 2.45) is 0 Å². The van der Waals surface area contributed by atoms with Gasteiger partial charge >= 0.3 is 0 Å². The Morgan fingerprint density at radius 3 is 2.57 bits per heavy atom. The second-order valence-electron chi connectivity index (χ2n) is 7.25. The molecule has 0 unspecified atom stereocenters. The summed E-state index contributed by atoms with van der Waals surface area (Å²) < 4.78 is 29.0. The second kappa shape index (κ2) is 8.87. The van der Waals surface area contributed by atoms with Crippen molar-refractivity contribution in [3.63, 3.8) is 0 Å². The number of benzene rings is 1. The van der Waals surface area contributed by atoms with Gasteiger partial charge in [-0.2, -0.15) is 9.40 Å². The van der Waals surface area contributed by atoms with Gasteiger partial charge in [0.05, 0.1) is 10.6 Å². The number of hydrogen-bond acceptors (Lipinski definition) is 4. The van der Waals surface area contributed by atoms with Crippen LogP contribution in [0.1, 0.15) is 47.4 Å². The van der Waals surface area contributed by atoms with E-state index < -0.39 is 10.0 Å². The predicted molar refractivity (Wildman–Crippen MR) is 108 cm³/mol. The van der Waals surface area contributed by atoms with Crippen molar-refractivity contribution in [1.82, 2.24) is 19.4 Å². The normalized spacial score (nSPS) is 15.5. The van der Waals surface area contributed by atoms with Gasteiger partial charge in [-0.1, -0.05) is 12.5 Å². The quantitative estimate of drug-likeness (QED) is 0.719. The van der Waals surface area contributed by atoms with Gasteiger partial charge in [0.25, 0.3) is 5.91 Å². The number of nitrogens with zero attached hydrogens (tertiary/aromatic N) is 3. The summed E-state index contributed by atoms with van der Waals surface area (Å²) in [6.45, 7) is 6.28. The third-order valence-electron chi connectivity index (χ3n) is 4.98. The molecule has 0 spiro atoms. The summed E-state index contributed by atoms with van der Waals surface area (Å²) >= 11 is 0. The number of rotatable bonds is 7. The molecule has 1 saturated heterocycles. The van der Waals surface area contributed by atoms with E-state index in [2.05, 4.69) is 10.4 Å². The second-order valence-corrected chi connectivity index (χ2v) is 9.19. The van der Waals surface area contributed by atoms with E-state index in [0.29, 0.717) is 25.2 Å². The number of aryl methyl sites for hydroxylation is 3. The van der Waals surface area contributed by atoms with Gasteiger partial charge < -0.3 is 5.32 Å². The minimum absolute atomic E-state index is 0.185. The SMILES string of the molecule is Cc1cc(C)n(CCCNC(=O)c2cccc(S(=O)(=O)N3CCCCC3)c2)n1. The molecule has 3 rings (SSSR count). The number of amides is 1. The number of sulfonamides is 1. The molecule has 8 heteroatoms. The Morgan fingerprint density at radius 2 is 1.89 bits per heavy atom. The highest BCUT2D eigenvalue weighted by molar-refractivity contribution is 7.89. The van der Waals surface area contributed by atoms with Crippen molar-refractivity contribution in [1.29, 1.82) is 0 Å². The monoisotopic (exact) mass is 404 g/mol. The van der Waals surface area contributed by atoms with E-state index in [1.165, 1.54) is 10.4 Å². The summed E-state index contributed by atoms with van der Waals surface area (Å²) in [6.07, 6.45) is 3.58. The molecular weight excluding hydrogens is 376 g/mol. The van der Waals surface area contributed by atoms with E-state index in [-0.39, 0.29) is 10.8 Å². The molecule has 0 bridgehead atoms. The summed E-state index contributed by atoms with van der Waals surface area (Å²) in [7, 11) is -3.54. The molecule has 1 aliphatic heterocycles. The van der Waals surface area contributed by atoms with E-state index >= 15 is 0 Å². The largest absolute Gasteiger partial charge is 0.352 e. The standard InChI is InChI=1S/C20H28N4O3S/c1-16-14-17(2)24(22-16)13-7-10-21-20(25)18-8-6-9-19(15-18)28(26,27)23-11-4-3-5-12-23/h6,8-9,14-15H,3-5,7,10-13H2,1-2H3,(H,21,25).